The Morgan fingerprint density at radius 1 is 0.857 bits per heavy atom. The Balaban J connectivity index is 0.00000220. The Bertz CT molecular complexity index is 564. The van der Waals surface area contributed by atoms with E-state index >= 15 is 0 Å². The minimum atomic E-state index is -4.34. The molecule has 0 unspecified atom stereocenters. The van der Waals surface area contributed by atoms with Crippen LogP contribution in [0.25, 0.3) is 11.1 Å². The van der Waals surface area contributed by atoms with Gasteiger partial charge in [0.15, 0.2) is 0 Å². The molecule has 0 saturated heterocycles. The van der Waals surface area contributed by atoms with Crippen LogP contribution in [0.15, 0.2) is 48.5 Å². The highest BCUT2D eigenvalue weighted by Crippen LogP contribution is 2.31. The zero-order valence-corrected chi connectivity index (χ0v) is 11.7. The Kier molecular flexibility index (Phi) is 5.75. The highest BCUT2D eigenvalue weighted by molar-refractivity contribution is 5.85. The van der Waals surface area contributed by atoms with Crippen LogP contribution >= 0.6 is 12.4 Å². The van der Waals surface area contributed by atoms with E-state index < -0.39 is 24.5 Å². The van der Waals surface area contributed by atoms with Crippen LogP contribution in [0.4, 0.5) is 17.6 Å². The molecular formula is C15H14ClF4N. The number of nitrogens with two attached hydrogens (primary N) is 1. The van der Waals surface area contributed by atoms with Crippen LogP contribution in [0.5, 0.6) is 0 Å². The van der Waals surface area contributed by atoms with Gasteiger partial charge in [0, 0.05) is 0 Å². The third-order valence-electron chi connectivity index (χ3n) is 3.05. The summed E-state index contributed by atoms with van der Waals surface area (Å²) in [5.41, 5.74) is 6.95. The summed E-state index contributed by atoms with van der Waals surface area (Å²) in [4.78, 5) is 0. The Hall–Kier alpha value is -1.59. The van der Waals surface area contributed by atoms with E-state index in [1.807, 2.05) is 0 Å². The molecule has 0 amide bonds. The Labute approximate surface area is 126 Å². The molecule has 0 aliphatic rings. The fraction of sp³-hybridized carbons (Fsp3) is 0.200. The SMILES string of the molecule is Cl.N[C@@H](CF)c1ccc(-c2ccc(C(F)(F)F)cc2)cc1. The maximum atomic E-state index is 12.5. The minimum absolute atomic E-state index is 0. The molecule has 0 bridgehead atoms. The van der Waals surface area contributed by atoms with E-state index in [0.717, 1.165) is 17.7 Å². The summed E-state index contributed by atoms with van der Waals surface area (Å²) in [6.07, 6.45) is -4.34. The molecule has 21 heavy (non-hydrogen) atoms. The normalized spacial score (nSPS) is 12.6. The van der Waals surface area contributed by atoms with Gasteiger partial charge < -0.3 is 5.73 Å². The van der Waals surface area contributed by atoms with Crippen molar-refractivity contribution in [3.8, 4) is 11.1 Å². The van der Waals surface area contributed by atoms with Gasteiger partial charge in [0.25, 0.3) is 0 Å². The monoisotopic (exact) mass is 319 g/mol. The fourth-order valence-corrected chi connectivity index (χ4v) is 1.86. The maximum absolute atomic E-state index is 12.5. The molecule has 0 spiro atoms. The molecule has 1 nitrogen and oxygen atoms in total. The third-order valence-corrected chi connectivity index (χ3v) is 3.05. The summed E-state index contributed by atoms with van der Waals surface area (Å²) in [6, 6.07) is 11.0. The minimum Gasteiger partial charge on any atom is -0.322 e. The van der Waals surface area contributed by atoms with E-state index in [4.69, 9.17) is 5.73 Å². The molecule has 0 heterocycles. The van der Waals surface area contributed by atoms with Gasteiger partial charge in [-0.1, -0.05) is 36.4 Å². The van der Waals surface area contributed by atoms with Crippen LogP contribution in [-0.2, 0) is 6.18 Å². The van der Waals surface area contributed by atoms with Crippen molar-refractivity contribution in [3.63, 3.8) is 0 Å². The van der Waals surface area contributed by atoms with Crippen LogP contribution in [0.1, 0.15) is 17.2 Å². The van der Waals surface area contributed by atoms with Crippen molar-refractivity contribution in [2.45, 2.75) is 12.2 Å². The lowest BCUT2D eigenvalue weighted by Gasteiger charge is -2.10. The van der Waals surface area contributed by atoms with Crippen molar-refractivity contribution in [3.05, 3.63) is 59.7 Å². The molecule has 2 aromatic rings. The van der Waals surface area contributed by atoms with Crippen molar-refractivity contribution in [2.24, 2.45) is 5.73 Å². The lowest BCUT2D eigenvalue weighted by Crippen LogP contribution is -2.11. The van der Waals surface area contributed by atoms with Crippen molar-refractivity contribution < 1.29 is 17.6 Å². The topological polar surface area (TPSA) is 26.0 Å². The molecule has 2 N–H and O–H groups in total. The van der Waals surface area contributed by atoms with Crippen molar-refractivity contribution in [1.29, 1.82) is 0 Å². The van der Waals surface area contributed by atoms with Gasteiger partial charge in [-0.2, -0.15) is 13.2 Å². The molecule has 0 aliphatic carbocycles. The summed E-state index contributed by atoms with van der Waals surface area (Å²) >= 11 is 0. The van der Waals surface area contributed by atoms with Gasteiger partial charge in [0.2, 0.25) is 0 Å². The van der Waals surface area contributed by atoms with Gasteiger partial charge in [-0.3, -0.25) is 0 Å². The predicted molar refractivity (Wildman–Crippen MR) is 77.0 cm³/mol. The first-order chi connectivity index (χ1) is 9.41. The van der Waals surface area contributed by atoms with Gasteiger partial charge in [-0.05, 0) is 28.8 Å². The summed E-state index contributed by atoms with van der Waals surface area (Å²) in [5, 5.41) is 0. The summed E-state index contributed by atoms with van der Waals surface area (Å²) in [5.74, 6) is 0. The summed E-state index contributed by atoms with van der Waals surface area (Å²) < 4.78 is 49.8. The van der Waals surface area contributed by atoms with Crippen LogP contribution < -0.4 is 5.73 Å². The Morgan fingerprint density at radius 3 is 1.67 bits per heavy atom. The molecule has 0 saturated carbocycles. The average molecular weight is 320 g/mol. The predicted octanol–water partition coefficient (Wildman–Crippen LogP) is 4.76. The largest absolute Gasteiger partial charge is 0.416 e. The average Bonchev–Trinajstić information content (AvgIpc) is 2.46. The van der Waals surface area contributed by atoms with Gasteiger partial charge in [-0.15, -0.1) is 12.4 Å². The van der Waals surface area contributed by atoms with Crippen LogP contribution in [0, 0.1) is 0 Å². The maximum Gasteiger partial charge on any atom is 0.416 e. The van der Waals surface area contributed by atoms with Gasteiger partial charge in [0.1, 0.15) is 6.67 Å². The highest BCUT2D eigenvalue weighted by Gasteiger charge is 2.29. The summed E-state index contributed by atoms with van der Waals surface area (Å²) in [7, 11) is 0. The number of rotatable bonds is 3. The molecule has 1 atom stereocenters. The second-order valence-corrected chi connectivity index (χ2v) is 4.46. The highest BCUT2D eigenvalue weighted by atomic mass is 35.5. The number of benzene rings is 2. The van der Waals surface area contributed by atoms with E-state index in [1.165, 1.54) is 12.1 Å². The van der Waals surface area contributed by atoms with Gasteiger partial charge in [-0.25, -0.2) is 4.39 Å². The molecule has 0 fully saturated rings. The zero-order valence-electron chi connectivity index (χ0n) is 10.9. The zero-order chi connectivity index (χ0) is 14.8. The van der Waals surface area contributed by atoms with E-state index in [0.29, 0.717) is 11.1 Å². The van der Waals surface area contributed by atoms with Crippen molar-refractivity contribution in [2.75, 3.05) is 6.67 Å². The number of alkyl halides is 4. The van der Waals surface area contributed by atoms with Crippen molar-refractivity contribution in [1.82, 2.24) is 0 Å². The Morgan fingerprint density at radius 2 is 1.29 bits per heavy atom. The molecule has 6 heteroatoms. The summed E-state index contributed by atoms with van der Waals surface area (Å²) in [6.45, 7) is -0.653. The first-order valence-electron chi connectivity index (χ1n) is 6.01. The van der Waals surface area contributed by atoms with Crippen LogP contribution in [-0.4, -0.2) is 6.67 Å². The molecule has 0 aromatic heterocycles. The first-order valence-corrected chi connectivity index (χ1v) is 6.01. The van der Waals surface area contributed by atoms with E-state index in [-0.39, 0.29) is 12.4 Å². The van der Waals surface area contributed by atoms with Crippen LogP contribution in [0.3, 0.4) is 0 Å². The number of hydrogen-bond donors (Lipinski definition) is 1. The second kappa shape index (κ2) is 6.91. The lowest BCUT2D eigenvalue weighted by atomic mass is 10.0. The second-order valence-electron chi connectivity index (χ2n) is 4.46. The van der Waals surface area contributed by atoms with E-state index in [9.17, 15) is 17.6 Å². The number of hydrogen-bond acceptors (Lipinski definition) is 1. The third kappa shape index (κ3) is 4.19. The smallest absolute Gasteiger partial charge is 0.322 e. The van der Waals surface area contributed by atoms with E-state index in [2.05, 4.69) is 0 Å². The fourth-order valence-electron chi connectivity index (χ4n) is 1.86. The standard InChI is InChI=1S/C15H13F4N.ClH/c16-9-14(20)12-3-1-10(2-4-12)11-5-7-13(8-6-11)15(17,18)19;/h1-8,14H,9,20H2;1H/t14-;/m0./s1. The van der Waals surface area contributed by atoms with Crippen LogP contribution in [0.2, 0.25) is 0 Å². The van der Waals surface area contributed by atoms with E-state index in [1.54, 1.807) is 24.3 Å². The first kappa shape index (κ1) is 17.5. The lowest BCUT2D eigenvalue weighted by molar-refractivity contribution is -0.137. The van der Waals surface area contributed by atoms with Gasteiger partial charge >= 0.3 is 6.18 Å². The quantitative estimate of drug-likeness (QED) is 0.811. The van der Waals surface area contributed by atoms with Gasteiger partial charge in [0.05, 0.1) is 11.6 Å². The molecule has 0 aliphatic heterocycles. The molecular weight excluding hydrogens is 306 g/mol. The van der Waals surface area contributed by atoms with Crippen molar-refractivity contribution >= 4 is 12.4 Å². The molecule has 114 valence electrons. The number of halogens is 5. The molecule has 2 aromatic carbocycles. The molecule has 2 rings (SSSR count). The molecule has 0 radical (unpaired) electrons.